The minimum atomic E-state index is -0.546. The molecule has 0 aliphatic heterocycles. The molecule has 0 saturated heterocycles. The molecule has 6 heteroatoms. The third-order valence-electron chi connectivity index (χ3n) is 3.25. The lowest BCUT2D eigenvalue weighted by molar-refractivity contribution is 0.0476. The molecule has 0 fully saturated rings. The fraction of sp³-hybridized carbons (Fsp3) is 0.0526. The summed E-state index contributed by atoms with van der Waals surface area (Å²) in [6, 6.07) is 19.4. The highest BCUT2D eigenvalue weighted by molar-refractivity contribution is 9.11. The molecule has 0 radical (unpaired) electrons. The quantitative estimate of drug-likeness (QED) is 0.401. The van der Waals surface area contributed by atoms with E-state index in [2.05, 4.69) is 15.9 Å². The predicted molar refractivity (Wildman–Crippen MR) is 99.6 cm³/mol. The average Bonchev–Trinajstić information content (AvgIpc) is 3.07. The van der Waals surface area contributed by atoms with Crippen LogP contribution < -0.4 is 4.74 Å². The molecule has 0 amide bonds. The molecule has 0 bridgehead atoms. The summed E-state index contributed by atoms with van der Waals surface area (Å²) in [5.41, 5.74) is 0.362. The number of halogens is 1. The van der Waals surface area contributed by atoms with Gasteiger partial charge in [-0.2, -0.15) is 0 Å². The van der Waals surface area contributed by atoms with E-state index in [9.17, 15) is 9.59 Å². The van der Waals surface area contributed by atoms with Crippen LogP contribution in [0, 0.1) is 0 Å². The van der Waals surface area contributed by atoms with Gasteiger partial charge in [0.2, 0.25) is 5.78 Å². The van der Waals surface area contributed by atoms with Gasteiger partial charge in [-0.15, -0.1) is 11.3 Å². The van der Waals surface area contributed by atoms with E-state index in [1.807, 2.05) is 30.3 Å². The Morgan fingerprint density at radius 1 is 0.880 bits per heavy atom. The molecule has 0 aliphatic carbocycles. The number of ether oxygens (including phenoxy) is 2. The van der Waals surface area contributed by atoms with Crippen molar-refractivity contribution in [3.63, 3.8) is 0 Å². The van der Waals surface area contributed by atoms with Crippen LogP contribution in [0.15, 0.2) is 70.5 Å². The Morgan fingerprint density at radius 3 is 2.20 bits per heavy atom. The highest BCUT2D eigenvalue weighted by Gasteiger charge is 2.13. The third kappa shape index (κ3) is 4.78. The minimum Gasteiger partial charge on any atom is -0.457 e. The van der Waals surface area contributed by atoms with E-state index >= 15 is 0 Å². The van der Waals surface area contributed by atoms with Gasteiger partial charge in [0.05, 0.1) is 14.2 Å². The Labute approximate surface area is 157 Å². The summed E-state index contributed by atoms with van der Waals surface area (Å²) in [6.45, 7) is -0.284. The molecule has 1 aromatic heterocycles. The summed E-state index contributed by atoms with van der Waals surface area (Å²) in [4.78, 5) is 24.5. The molecule has 25 heavy (non-hydrogen) atoms. The van der Waals surface area contributed by atoms with Gasteiger partial charge >= 0.3 is 5.97 Å². The van der Waals surface area contributed by atoms with Crippen LogP contribution in [0.25, 0.3) is 0 Å². The van der Waals surface area contributed by atoms with E-state index in [1.165, 1.54) is 11.3 Å². The lowest BCUT2D eigenvalue weighted by Crippen LogP contribution is -2.13. The number of carbonyl (C=O) groups excluding carboxylic acids is 2. The van der Waals surface area contributed by atoms with Crippen LogP contribution in [-0.2, 0) is 4.74 Å². The molecule has 4 nitrogen and oxygen atoms in total. The lowest BCUT2D eigenvalue weighted by Gasteiger charge is -2.07. The standard InChI is InChI=1S/C19H13BrO4S/c20-18-11-10-17(25-18)16(21)12-23-19(22)13-6-8-15(9-7-13)24-14-4-2-1-3-5-14/h1-11H,12H2. The van der Waals surface area contributed by atoms with Crippen molar-refractivity contribution in [2.75, 3.05) is 6.61 Å². The summed E-state index contributed by atoms with van der Waals surface area (Å²) in [6.07, 6.45) is 0. The van der Waals surface area contributed by atoms with Crippen molar-refractivity contribution >= 4 is 39.0 Å². The van der Waals surface area contributed by atoms with Gasteiger partial charge in [0.15, 0.2) is 6.61 Å². The van der Waals surface area contributed by atoms with Crippen LogP contribution in [0.1, 0.15) is 20.0 Å². The summed E-state index contributed by atoms with van der Waals surface area (Å²) in [7, 11) is 0. The highest BCUT2D eigenvalue weighted by Crippen LogP contribution is 2.23. The topological polar surface area (TPSA) is 52.6 Å². The Hall–Kier alpha value is -2.44. The number of para-hydroxylation sites is 1. The Balaban J connectivity index is 1.56. The number of thiophene rings is 1. The summed E-state index contributed by atoms with van der Waals surface area (Å²) in [5.74, 6) is 0.552. The molecule has 126 valence electrons. The normalized spacial score (nSPS) is 10.3. The van der Waals surface area contributed by atoms with Crippen molar-refractivity contribution < 1.29 is 19.1 Å². The summed E-state index contributed by atoms with van der Waals surface area (Å²) >= 11 is 4.60. The van der Waals surface area contributed by atoms with Gasteiger partial charge in [0, 0.05) is 0 Å². The predicted octanol–water partition coefficient (Wildman–Crippen LogP) is 5.34. The van der Waals surface area contributed by atoms with Crippen molar-refractivity contribution in [3.05, 3.63) is 81.0 Å². The van der Waals surface area contributed by atoms with Crippen LogP contribution >= 0.6 is 27.3 Å². The maximum absolute atomic E-state index is 12.0. The second-order valence-electron chi connectivity index (χ2n) is 5.04. The van der Waals surface area contributed by atoms with Gasteiger partial charge in [0.1, 0.15) is 11.5 Å². The first-order chi connectivity index (χ1) is 12.1. The fourth-order valence-electron chi connectivity index (χ4n) is 2.03. The maximum Gasteiger partial charge on any atom is 0.338 e. The largest absolute Gasteiger partial charge is 0.457 e. The van der Waals surface area contributed by atoms with Gasteiger partial charge in [-0.05, 0) is 64.5 Å². The first-order valence-electron chi connectivity index (χ1n) is 7.40. The van der Waals surface area contributed by atoms with Crippen LogP contribution in [0.2, 0.25) is 0 Å². The SMILES string of the molecule is O=C(OCC(=O)c1ccc(Br)s1)c1ccc(Oc2ccccc2)cc1. The first-order valence-corrected chi connectivity index (χ1v) is 9.01. The van der Waals surface area contributed by atoms with Crippen LogP contribution in [0.4, 0.5) is 0 Å². The van der Waals surface area contributed by atoms with Crippen molar-refractivity contribution in [1.82, 2.24) is 0 Å². The molecule has 0 unspecified atom stereocenters. The van der Waals surface area contributed by atoms with Gasteiger partial charge < -0.3 is 9.47 Å². The van der Waals surface area contributed by atoms with Crippen molar-refractivity contribution in [1.29, 1.82) is 0 Å². The van der Waals surface area contributed by atoms with E-state index in [4.69, 9.17) is 9.47 Å². The molecule has 3 rings (SSSR count). The molecule has 3 aromatic rings. The van der Waals surface area contributed by atoms with E-state index < -0.39 is 5.97 Å². The zero-order chi connectivity index (χ0) is 17.6. The van der Waals surface area contributed by atoms with E-state index in [0.717, 1.165) is 3.79 Å². The smallest absolute Gasteiger partial charge is 0.338 e. The molecular weight excluding hydrogens is 404 g/mol. The Kier molecular flexibility index (Phi) is 5.63. The van der Waals surface area contributed by atoms with Crippen LogP contribution in [0.5, 0.6) is 11.5 Å². The summed E-state index contributed by atoms with van der Waals surface area (Å²) < 4.78 is 11.6. The average molecular weight is 417 g/mol. The molecule has 2 aromatic carbocycles. The molecule has 0 N–H and O–H groups in total. The number of Topliss-reactive ketones (excluding diaryl/α,β-unsaturated/α-hetero) is 1. The lowest BCUT2D eigenvalue weighted by atomic mass is 10.2. The fourth-order valence-corrected chi connectivity index (χ4v) is 3.34. The number of benzene rings is 2. The number of ketones is 1. The van der Waals surface area contributed by atoms with E-state index in [0.29, 0.717) is 21.9 Å². The molecule has 0 aliphatic rings. The second kappa shape index (κ2) is 8.09. The van der Waals surface area contributed by atoms with Gasteiger partial charge in [-0.3, -0.25) is 4.79 Å². The molecule has 0 saturated carbocycles. The molecule has 0 atom stereocenters. The Morgan fingerprint density at radius 2 is 1.56 bits per heavy atom. The molecule has 0 spiro atoms. The highest BCUT2D eigenvalue weighted by atomic mass is 79.9. The zero-order valence-corrected chi connectivity index (χ0v) is 15.4. The number of rotatable bonds is 6. The summed E-state index contributed by atoms with van der Waals surface area (Å²) in [5, 5.41) is 0. The second-order valence-corrected chi connectivity index (χ2v) is 7.51. The number of hydrogen-bond donors (Lipinski definition) is 0. The van der Waals surface area contributed by atoms with Crippen LogP contribution in [-0.4, -0.2) is 18.4 Å². The van der Waals surface area contributed by atoms with Gasteiger partial charge in [-0.25, -0.2) is 4.79 Å². The van der Waals surface area contributed by atoms with E-state index in [-0.39, 0.29) is 12.4 Å². The van der Waals surface area contributed by atoms with Gasteiger partial charge in [-0.1, -0.05) is 18.2 Å². The van der Waals surface area contributed by atoms with E-state index in [1.54, 1.807) is 36.4 Å². The zero-order valence-electron chi connectivity index (χ0n) is 13.0. The third-order valence-corrected chi connectivity index (χ3v) is 4.92. The molecule has 1 heterocycles. The molecular formula is C19H13BrO4S. The van der Waals surface area contributed by atoms with Crippen molar-refractivity contribution in [2.24, 2.45) is 0 Å². The number of esters is 1. The van der Waals surface area contributed by atoms with Crippen molar-refractivity contribution in [3.8, 4) is 11.5 Å². The minimum absolute atomic E-state index is 0.229. The maximum atomic E-state index is 12.0. The Bertz CT molecular complexity index is 872. The van der Waals surface area contributed by atoms with Crippen LogP contribution in [0.3, 0.4) is 0 Å². The monoisotopic (exact) mass is 416 g/mol. The van der Waals surface area contributed by atoms with Crippen molar-refractivity contribution in [2.45, 2.75) is 0 Å². The van der Waals surface area contributed by atoms with Gasteiger partial charge in [0.25, 0.3) is 0 Å². The first kappa shape index (κ1) is 17.4. The number of carbonyl (C=O) groups is 2. The number of hydrogen-bond acceptors (Lipinski definition) is 5.